The molecule has 5 nitrogen and oxygen atoms in total. The zero-order valence-corrected chi connectivity index (χ0v) is 14.8. The predicted octanol–water partition coefficient (Wildman–Crippen LogP) is 3.87. The molecular formula is C18H15F2N3O2S. The number of aromatic nitrogens is 3. The number of esters is 1. The molecule has 0 radical (unpaired) electrons. The number of halogens is 2. The Labute approximate surface area is 153 Å². The molecule has 134 valence electrons. The van der Waals surface area contributed by atoms with E-state index in [9.17, 15) is 13.6 Å². The maximum Gasteiger partial charge on any atom is 0.318 e. The summed E-state index contributed by atoms with van der Waals surface area (Å²) in [5.41, 5.74) is 1.26. The van der Waals surface area contributed by atoms with Gasteiger partial charge in [-0.05, 0) is 55.5 Å². The van der Waals surface area contributed by atoms with Crippen LogP contribution in [0.25, 0.3) is 17.1 Å². The molecule has 1 aromatic heterocycles. The third-order valence-electron chi connectivity index (χ3n) is 3.64. The molecule has 0 saturated carbocycles. The van der Waals surface area contributed by atoms with E-state index < -0.39 is 11.2 Å². The van der Waals surface area contributed by atoms with E-state index >= 15 is 0 Å². The molecule has 3 rings (SSSR count). The van der Waals surface area contributed by atoms with Crippen LogP contribution < -0.4 is 0 Å². The number of rotatable bonds is 5. The van der Waals surface area contributed by atoms with Crippen LogP contribution in [0.1, 0.15) is 6.92 Å². The van der Waals surface area contributed by atoms with Crippen molar-refractivity contribution < 1.29 is 18.3 Å². The topological polar surface area (TPSA) is 57.0 Å². The highest BCUT2D eigenvalue weighted by molar-refractivity contribution is 8.00. The molecule has 0 saturated heterocycles. The van der Waals surface area contributed by atoms with Crippen molar-refractivity contribution >= 4 is 17.7 Å². The second-order valence-corrected chi connectivity index (χ2v) is 6.72. The van der Waals surface area contributed by atoms with E-state index in [0.29, 0.717) is 22.2 Å². The minimum atomic E-state index is -0.510. The van der Waals surface area contributed by atoms with E-state index in [1.165, 1.54) is 43.1 Å². The van der Waals surface area contributed by atoms with Gasteiger partial charge in [0, 0.05) is 11.3 Å². The van der Waals surface area contributed by atoms with Gasteiger partial charge in [0.25, 0.3) is 0 Å². The number of thioether (sulfide) groups is 1. The lowest BCUT2D eigenvalue weighted by Gasteiger charge is -2.12. The first-order valence-corrected chi connectivity index (χ1v) is 8.59. The van der Waals surface area contributed by atoms with Crippen molar-refractivity contribution in [2.75, 3.05) is 7.11 Å². The van der Waals surface area contributed by atoms with Crippen LogP contribution in [0.4, 0.5) is 8.78 Å². The Morgan fingerprint density at radius 2 is 1.62 bits per heavy atom. The summed E-state index contributed by atoms with van der Waals surface area (Å²) in [6, 6.07) is 11.6. The molecule has 1 atom stereocenters. The fourth-order valence-corrected chi connectivity index (χ4v) is 3.22. The summed E-state index contributed by atoms with van der Waals surface area (Å²) in [7, 11) is 1.31. The Morgan fingerprint density at radius 3 is 2.19 bits per heavy atom. The lowest BCUT2D eigenvalue weighted by atomic mass is 10.2. The molecular weight excluding hydrogens is 360 g/mol. The Balaban J connectivity index is 2.09. The first kappa shape index (κ1) is 18.1. The van der Waals surface area contributed by atoms with Gasteiger partial charge in [0.1, 0.15) is 16.9 Å². The zero-order valence-electron chi connectivity index (χ0n) is 14.0. The summed E-state index contributed by atoms with van der Waals surface area (Å²) >= 11 is 1.17. The van der Waals surface area contributed by atoms with Crippen molar-refractivity contribution in [2.45, 2.75) is 17.3 Å². The maximum atomic E-state index is 13.3. The molecule has 0 aliphatic rings. The predicted molar refractivity (Wildman–Crippen MR) is 94.0 cm³/mol. The molecule has 1 heterocycles. The van der Waals surface area contributed by atoms with Gasteiger partial charge in [0.15, 0.2) is 11.0 Å². The Kier molecular flexibility index (Phi) is 5.32. The van der Waals surface area contributed by atoms with Crippen molar-refractivity contribution in [2.24, 2.45) is 0 Å². The summed E-state index contributed by atoms with van der Waals surface area (Å²) in [4.78, 5) is 11.7. The van der Waals surface area contributed by atoms with Gasteiger partial charge >= 0.3 is 5.97 Å². The summed E-state index contributed by atoms with van der Waals surface area (Å²) in [6.45, 7) is 1.69. The number of carbonyl (C=O) groups excluding carboxylic acids is 1. The van der Waals surface area contributed by atoms with Gasteiger partial charge in [0.2, 0.25) is 0 Å². The summed E-state index contributed by atoms with van der Waals surface area (Å²) in [5, 5.41) is 8.26. The Bertz CT molecular complexity index is 911. The highest BCUT2D eigenvalue weighted by atomic mass is 32.2. The molecule has 0 spiro atoms. The SMILES string of the molecule is COC(=O)C(C)Sc1nnc(-c2ccc(F)cc2)n1-c1ccc(F)cc1. The number of nitrogens with zero attached hydrogens (tertiary/aromatic N) is 3. The van der Waals surface area contributed by atoms with Crippen LogP contribution >= 0.6 is 11.8 Å². The molecule has 0 aliphatic heterocycles. The van der Waals surface area contributed by atoms with Gasteiger partial charge in [-0.2, -0.15) is 0 Å². The van der Waals surface area contributed by atoms with E-state index in [4.69, 9.17) is 4.74 Å². The van der Waals surface area contributed by atoms with E-state index in [2.05, 4.69) is 10.2 Å². The van der Waals surface area contributed by atoms with Crippen LogP contribution in [0.3, 0.4) is 0 Å². The van der Waals surface area contributed by atoms with E-state index in [-0.39, 0.29) is 11.6 Å². The van der Waals surface area contributed by atoms with Crippen LogP contribution in [0.15, 0.2) is 53.7 Å². The third-order valence-corrected chi connectivity index (χ3v) is 4.66. The molecule has 2 aromatic carbocycles. The van der Waals surface area contributed by atoms with Crippen LogP contribution in [0.5, 0.6) is 0 Å². The molecule has 3 aromatic rings. The first-order valence-electron chi connectivity index (χ1n) is 7.71. The highest BCUT2D eigenvalue weighted by Crippen LogP contribution is 2.30. The normalized spacial score (nSPS) is 12.0. The monoisotopic (exact) mass is 375 g/mol. The third kappa shape index (κ3) is 3.75. The second-order valence-electron chi connectivity index (χ2n) is 5.41. The largest absolute Gasteiger partial charge is 0.468 e. The molecule has 0 bridgehead atoms. The second kappa shape index (κ2) is 7.65. The van der Waals surface area contributed by atoms with Crippen molar-refractivity contribution in [1.82, 2.24) is 14.8 Å². The number of carbonyl (C=O) groups is 1. The molecule has 0 N–H and O–H groups in total. The molecule has 0 fully saturated rings. The highest BCUT2D eigenvalue weighted by Gasteiger charge is 2.22. The van der Waals surface area contributed by atoms with Crippen LogP contribution in [0.2, 0.25) is 0 Å². The number of hydrogen-bond donors (Lipinski definition) is 0. The van der Waals surface area contributed by atoms with Crippen LogP contribution in [-0.4, -0.2) is 33.1 Å². The number of methoxy groups -OCH3 is 1. The van der Waals surface area contributed by atoms with Crippen molar-refractivity contribution in [3.8, 4) is 17.1 Å². The molecule has 8 heteroatoms. The summed E-state index contributed by atoms with van der Waals surface area (Å²) < 4.78 is 33.0. The molecule has 1 unspecified atom stereocenters. The van der Waals surface area contributed by atoms with Gasteiger partial charge in [-0.1, -0.05) is 11.8 Å². The van der Waals surface area contributed by atoms with Crippen LogP contribution in [0, 0.1) is 11.6 Å². The first-order chi connectivity index (χ1) is 12.5. The minimum Gasteiger partial charge on any atom is -0.468 e. The lowest BCUT2D eigenvalue weighted by molar-refractivity contribution is -0.139. The minimum absolute atomic E-state index is 0.365. The molecule has 26 heavy (non-hydrogen) atoms. The maximum absolute atomic E-state index is 13.3. The average molecular weight is 375 g/mol. The summed E-state index contributed by atoms with van der Waals surface area (Å²) in [6.07, 6.45) is 0. The number of hydrogen-bond acceptors (Lipinski definition) is 5. The van der Waals surface area contributed by atoms with Crippen LogP contribution in [-0.2, 0) is 9.53 Å². The smallest absolute Gasteiger partial charge is 0.318 e. The van der Waals surface area contributed by atoms with Gasteiger partial charge in [0.05, 0.1) is 7.11 Å². The molecule has 0 amide bonds. The van der Waals surface area contributed by atoms with E-state index in [1.807, 2.05) is 0 Å². The van der Waals surface area contributed by atoms with Gasteiger partial charge in [-0.15, -0.1) is 10.2 Å². The summed E-state index contributed by atoms with van der Waals surface area (Å²) in [5.74, 6) is -0.680. The molecule has 0 aliphatic carbocycles. The quantitative estimate of drug-likeness (QED) is 0.501. The standard InChI is InChI=1S/C18H15F2N3O2S/c1-11(17(24)25-2)26-18-22-21-16(12-3-5-13(19)6-4-12)23(18)15-9-7-14(20)8-10-15/h3-11H,1-2H3. The number of benzene rings is 2. The average Bonchev–Trinajstić information content (AvgIpc) is 3.05. The zero-order chi connectivity index (χ0) is 18.7. The van der Waals surface area contributed by atoms with Crippen molar-refractivity contribution in [3.63, 3.8) is 0 Å². The van der Waals surface area contributed by atoms with Gasteiger partial charge in [-0.3, -0.25) is 9.36 Å². The number of ether oxygens (including phenoxy) is 1. The Morgan fingerprint density at radius 1 is 1.04 bits per heavy atom. The Hall–Kier alpha value is -2.74. The fourth-order valence-electron chi connectivity index (χ4n) is 2.33. The van der Waals surface area contributed by atoms with Gasteiger partial charge in [-0.25, -0.2) is 8.78 Å². The van der Waals surface area contributed by atoms with E-state index in [1.54, 1.807) is 35.8 Å². The van der Waals surface area contributed by atoms with Gasteiger partial charge < -0.3 is 4.74 Å². The lowest BCUT2D eigenvalue weighted by Crippen LogP contribution is -2.15. The fraction of sp³-hybridized carbons (Fsp3) is 0.167. The van der Waals surface area contributed by atoms with E-state index in [0.717, 1.165) is 0 Å². The van der Waals surface area contributed by atoms with Crippen molar-refractivity contribution in [3.05, 3.63) is 60.2 Å². The van der Waals surface area contributed by atoms with Crippen molar-refractivity contribution in [1.29, 1.82) is 0 Å².